The number of nitrogens with zero attached hydrogens (tertiary/aromatic N) is 4. The lowest BCUT2D eigenvalue weighted by Crippen LogP contribution is -2.22. The third-order valence-corrected chi connectivity index (χ3v) is 3.53. The second kappa shape index (κ2) is 7.45. The molecule has 0 aromatic heterocycles. The second-order valence-corrected chi connectivity index (χ2v) is 5.24. The number of alkyl halides is 3. The van der Waals surface area contributed by atoms with Crippen molar-refractivity contribution in [1.29, 1.82) is 0 Å². The summed E-state index contributed by atoms with van der Waals surface area (Å²) in [6.45, 7) is 0. The van der Waals surface area contributed by atoms with Gasteiger partial charge in [0.05, 0.1) is 32.1 Å². The number of carbonyl (C=O) groups excluding carboxylic acids is 1. The zero-order valence-corrected chi connectivity index (χ0v) is 13.6. The van der Waals surface area contributed by atoms with Crippen LogP contribution in [-0.4, -0.2) is 21.2 Å². The number of nitro groups is 3. The highest BCUT2D eigenvalue weighted by molar-refractivity contribution is 5.93. The van der Waals surface area contributed by atoms with Gasteiger partial charge < -0.3 is 0 Å². The van der Waals surface area contributed by atoms with Crippen molar-refractivity contribution in [2.24, 2.45) is 0 Å². The number of anilines is 2. The number of halogens is 4. The number of carbonyl (C=O) groups is 1. The normalized spacial score (nSPS) is 11.0. The van der Waals surface area contributed by atoms with Gasteiger partial charge in [-0.05, 0) is 6.07 Å². The minimum atomic E-state index is -5.44. The second-order valence-electron chi connectivity index (χ2n) is 5.24. The highest BCUT2D eigenvalue weighted by atomic mass is 19.4. The monoisotopic (exact) mass is 418 g/mol. The number of benzene rings is 2. The molecule has 0 aliphatic heterocycles. The van der Waals surface area contributed by atoms with Crippen molar-refractivity contribution in [3.63, 3.8) is 0 Å². The molecule has 0 aliphatic carbocycles. The summed E-state index contributed by atoms with van der Waals surface area (Å²) >= 11 is 0. The van der Waals surface area contributed by atoms with Crippen molar-refractivity contribution >= 4 is 34.8 Å². The van der Waals surface area contributed by atoms with E-state index in [0.717, 1.165) is 0 Å². The molecule has 0 saturated carbocycles. The van der Waals surface area contributed by atoms with Crippen molar-refractivity contribution in [2.45, 2.75) is 6.18 Å². The Morgan fingerprint density at radius 2 is 1.48 bits per heavy atom. The summed E-state index contributed by atoms with van der Waals surface area (Å²) in [5.74, 6) is -1.41. The van der Waals surface area contributed by atoms with Crippen LogP contribution in [0.2, 0.25) is 0 Å². The molecule has 0 radical (unpaired) electrons. The average molecular weight is 418 g/mol. The number of hydrogen-bond acceptors (Lipinski definition) is 7. The van der Waals surface area contributed by atoms with Crippen LogP contribution >= 0.6 is 0 Å². The molecule has 1 amide bonds. The number of rotatable bonds is 6. The number of hydrogen-bond donors (Lipinski definition) is 0. The molecule has 152 valence electrons. The zero-order chi connectivity index (χ0) is 22.1. The molecular weight excluding hydrogens is 412 g/mol. The van der Waals surface area contributed by atoms with Gasteiger partial charge in [-0.15, -0.1) is 0 Å². The standard InChI is InChI=1S/C14H6F4N4O7/c15-10-2-1-7(20(24)25)4-11(10)19(6-23)13-9(14(16,17)18)3-8(21(26)27)5-12(13)22(28)29/h1-6H. The van der Waals surface area contributed by atoms with Crippen LogP contribution in [0.4, 0.5) is 46.0 Å². The molecule has 0 fully saturated rings. The Balaban J connectivity index is 2.95. The van der Waals surface area contributed by atoms with Crippen molar-refractivity contribution in [3.8, 4) is 0 Å². The van der Waals surface area contributed by atoms with Gasteiger partial charge in [-0.25, -0.2) is 4.39 Å². The summed E-state index contributed by atoms with van der Waals surface area (Å²) in [7, 11) is 0. The molecule has 15 heteroatoms. The maximum Gasteiger partial charge on any atom is 0.418 e. The Morgan fingerprint density at radius 3 is 1.93 bits per heavy atom. The molecule has 0 bridgehead atoms. The van der Waals surface area contributed by atoms with Crippen molar-refractivity contribution in [1.82, 2.24) is 0 Å². The predicted octanol–water partition coefficient (Wildman–Crippen LogP) is 3.86. The fourth-order valence-electron chi connectivity index (χ4n) is 2.35. The summed E-state index contributed by atoms with van der Waals surface area (Å²) in [6, 6.07) is 1.57. The molecule has 0 heterocycles. The van der Waals surface area contributed by atoms with Crippen LogP contribution in [0.15, 0.2) is 30.3 Å². The Kier molecular flexibility index (Phi) is 5.43. The van der Waals surface area contributed by atoms with Gasteiger partial charge >= 0.3 is 11.9 Å². The van der Waals surface area contributed by atoms with Crippen molar-refractivity contribution in [2.75, 3.05) is 4.90 Å². The quantitative estimate of drug-likeness (QED) is 0.299. The number of non-ortho nitro benzene ring substituents is 2. The number of amides is 1. The van der Waals surface area contributed by atoms with E-state index < -0.39 is 67.2 Å². The van der Waals surface area contributed by atoms with Crippen molar-refractivity contribution < 1.29 is 37.1 Å². The minimum absolute atomic E-state index is 0.0753. The first-order chi connectivity index (χ1) is 13.4. The molecule has 0 N–H and O–H groups in total. The third kappa shape index (κ3) is 4.07. The lowest BCUT2D eigenvalue weighted by atomic mass is 10.1. The molecule has 11 nitrogen and oxygen atoms in total. The van der Waals surface area contributed by atoms with E-state index in [-0.39, 0.29) is 17.0 Å². The van der Waals surface area contributed by atoms with Gasteiger partial charge in [-0.1, -0.05) is 0 Å². The smallest absolute Gasteiger partial charge is 0.278 e. The van der Waals surface area contributed by atoms with Crippen LogP contribution in [0.5, 0.6) is 0 Å². The van der Waals surface area contributed by atoms with E-state index in [9.17, 15) is 52.7 Å². The summed E-state index contributed by atoms with van der Waals surface area (Å²) in [5.41, 5.74) is -8.30. The first kappa shape index (κ1) is 21.1. The van der Waals surface area contributed by atoms with Crippen LogP contribution in [0.3, 0.4) is 0 Å². The topological polar surface area (TPSA) is 150 Å². The summed E-state index contributed by atoms with van der Waals surface area (Å²) < 4.78 is 54.5. The summed E-state index contributed by atoms with van der Waals surface area (Å²) in [5, 5.41) is 33.0. The first-order valence-electron chi connectivity index (χ1n) is 7.11. The molecule has 0 unspecified atom stereocenters. The molecule has 0 saturated heterocycles. The van der Waals surface area contributed by atoms with E-state index in [0.29, 0.717) is 18.2 Å². The van der Waals surface area contributed by atoms with Gasteiger partial charge in [0.2, 0.25) is 6.41 Å². The van der Waals surface area contributed by atoms with Crippen LogP contribution in [0.25, 0.3) is 0 Å². The molecular formula is C14H6F4N4O7. The van der Waals surface area contributed by atoms with Gasteiger partial charge in [0.15, 0.2) is 0 Å². The molecule has 2 rings (SSSR count). The van der Waals surface area contributed by atoms with E-state index in [1.807, 2.05) is 0 Å². The van der Waals surface area contributed by atoms with Gasteiger partial charge in [-0.2, -0.15) is 13.2 Å². The highest BCUT2D eigenvalue weighted by Gasteiger charge is 2.42. The van der Waals surface area contributed by atoms with E-state index in [2.05, 4.69) is 0 Å². The lowest BCUT2D eigenvalue weighted by molar-refractivity contribution is -0.394. The average Bonchev–Trinajstić information content (AvgIpc) is 2.62. The maximum absolute atomic E-state index is 14.1. The van der Waals surface area contributed by atoms with Gasteiger partial charge in [0, 0.05) is 18.2 Å². The molecule has 0 aliphatic rings. The van der Waals surface area contributed by atoms with Gasteiger partial charge in [0.25, 0.3) is 11.4 Å². The fraction of sp³-hybridized carbons (Fsp3) is 0.0714. The Morgan fingerprint density at radius 1 is 0.897 bits per heavy atom. The minimum Gasteiger partial charge on any atom is -0.278 e. The summed E-state index contributed by atoms with van der Waals surface area (Å²) in [4.78, 5) is 40.4. The van der Waals surface area contributed by atoms with Crippen LogP contribution < -0.4 is 4.90 Å². The fourth-order valence-corrected chi connectivity index (χ4v) is 2.35. The SMILES string of the molecule is O=CN(c1cc([N+](=O)[O-])ccc1F)c1c([N+](=O)[O-])cc([N+](=O)[O-])cc1C(F)(F)F. The third-order valence-electron chi connectivity index (χ3n) is 3.53. The maximum atomic E-state index is 14.1. The van der Waals surface area contributed by atoms with Crippen LogP contribution in [0, 0.1) is 36.2 Å². The van der Waals surface area contributed by atoms with E-state index in [1.54, 1.807) is 0 Å². The molecule has 29 heavy (non-hydrogen) atoms. The zero-order valence-electron chi connectivity index (χ0n) is 13.6. The summed E-state index contributed by atoms with van der Waals surface area (Å²) in [6.07, 6.45) is -5.88. The molecule has 0 spiro atoms. The van der Waals surface area contributed by atoms with Crippen molar-refractivity contribution in [3.05, 3.63) is 72.1 Å². The molecule has 2 aromatic rings. The largest absolute Gasteiger partial charge is 0.418 e. The van der Waals surface area contributed by atoms with E-state index in [1.165, 1.54) is 0 Å². The van der Waals surface area contributed by atoms with Gasteiger partial charge in [-0.3, -0.25) is 40.0 Å². The van der Waals surface area contributed by atoms with E-state index in [4.69, 9.17) is 0 Å². The Hall–Kier alpha value is -4.17. The molecule has 2 aromatic carbocycles. The molecule has 0 atom stereocenters. The van der Waals surface area contributed by atoms with Gasteiger partial charge in [0.1, 0.15) is 11.5 Å². The van der Waals surface area contributed by atoms with Crippen LogP contribution in [-0.2, 0) is 11.0 Å². The van der Waals surface area contributed by atoms with Crippen LogP contribution in [0.1, 0.15) is 5.56 Å². The number of nitro benzene ring substituents is 3. The Bertz CT molecular complexity index is 1040. The van der Waals surface area contributed by atoms with E-state index >= 15 is 0 Å². The Labute approximate surface area is 156 Å². The highest BCUT2D eigenvalue weighted by Crippen LogP contribution is 2.46. The lowest BCUT2D eigenvalue weighted by Gasteiger charge is -2.22. The first-order valence-corrected chi connectivity index (χ1v) is 7.11. The predicted molar refractivity (Wildman–Crippen MR) is 86.0 cm³/mol.